The Balaban J connectivity index is 1.34. The van der Waals surface area contributed by atoms with Crippen LogP contribution < -0.4 is 10.2 Å². The number of piperazine rings is 1. The van der Waals surface area contributed by atoms with Crippen LogP contribution >= 0.6 is 22.9 Å². The molecular formula is C22H23ClN4OS. The van der Waals surface area contributed by atoms with E-state index in [4.69, 9.17) is 16.6 Å². The van der Waals surface area contributed by atoms with Crippen molar-refractivity contribution in [1.82, 2.24) is 15.2 Å². The van der Waals surface area contributed by atoms with E-state index >= 15 is 0 Å². The molecule has 150 valence electrons. The normalized spacial score (nSPS) is 17.6. The Morgan fingerprint density at radius 1 is 1.14 bits per heavy atom. The lowest BCUT2D eigenvalue weighted by molar-refractivity contribution is 0.0952. The standard InChI is InChI=1S/C22H23ClN4OS/c23-20-8-7-16(29-20)14-26-9-11-27(12-10-26)21-13-18(22(28)24-15-5-6-15)17-3-1-2-4-19(17)25-21/h1-4,7-8,13,15H,5-6,9-12,14H2,(H,24,28). The van der Waals surface area contributed by atoms with Gasteiger partial charge in [0.1, 0.15) is 5.82 Å². The van der Waals surface area contributed by atoms with Crippen molar-refractivity contribution in [2.75, 3.05) is 31.1 Å². The lowest BCUT2D eigenvalue weighted by Gasteiger charge is -2.35. The number of rotatable bonds is 5. The van der Waals surface area contributed by atoms with E-state index in [-0.39, 0.29) is 5.91 Å². The predicted molar refractivity (Wildman–Crippen MR) is 119 cm³/mol. The Bertz CT molecular complexity index is 1040. The van der Waals surface area contributed by atoms with Gasteiger partial charge in [0.25, 0.3) is 5.91 Å². The predicted octanol–water partition coefficient (Wildman–Crippen LogP) is 4.16. The second kappa shape index (κ2) is 7.94. The number of halogens is 1. The van der Waals surface area contributed by atoms with Gasteiger partial charge in [-0.05, 0) is 37.1 Å². The average molecular weight is 427 g/mol. The van der Waals surface area contributed by atoms with Crippen LogP contribution in [0.15, 0.2) is 42.5 Å². The molecule has 1 saturated heterocycles. The van der Waals surface area contributed by atoms with Crippen LogP contribution in [0.4, 0.5) is 5.82 Å². The number of para-hydroxylation sites is 1. The van der Waals surface area contributed by atoms with Gasteiger partial charge in [-0.25, -0.2) is 4.98 Å². The summed E-state index contributed by atoms with van der Waals surface area (Å²) in [4.78, 5) is 23.7. The van der Waals surface area contributed by atoms with Crippen molar-refractivity contribution in [3.8, 4) is 0 Å². The molecule has 0 atom stereocenters. The summed E-state index contributed by atoms with van der Waals surface area (Å²) in [5.41, 5.74) is 1.61. The van der Waals surface area contributed by atoms with E-state index < -0.39 is 0 Å². The summed E-state index contributed by atoms with van der Waals surface area (Å²) in [7, 11) is 0. The number of hydrogen-bond donors (Lipinski definition) is 1. The fourth-order valence-electron chi connectivity index (χ4n) is 3.79. The van der Waals surface area contributed by atoms with Gasteiger partial charge in [0.05, 0.1) is 15.4 Å². The van der Waals surface area contributed by atoms with Gasteiger partial charge in [0.15, 0.2) is 0 Å². The third-order valence-corrected chi connectivity index (χ3v) is 6.78. The molecule has 0 unspecified atom stereocenters. The first-order valence-electron chi connectivity index (χ1n) is 10.1. The molecule has 5 rings (SSSR count). The zero-order chi connectivity index (χ0) is 19.8. The SMILES string of the molecule is O=C(NC1CC1)c1cc(N2CCN(Cc3ccc(Cl)s3)CC2)nc2ccccc12. The maximum absolute atomic E-state index is 12.8. The number of hydrogen-bond acceptors (Lipinski definition) is 5. The molecule has 2 aliphatic rings. The van der Waals surface area contributed by atoms with E-state index in [1.165, 1.54) is 4.88 Å². The Kier molecular flexibility index (Phi) is 5.16. The molecule has 1 saturated carbocycles. The molecule has 3 aromatic rings. The number of nitrogens with one attached hydrogen (secondary N) is 1. The van der Waals surface area contributed by atoms with Gasteiger partial charge in [-0.1, -0.05) is 29.8 Å². The van der Waals surface area contributed by atoms with Crippen molar-refractivity contribution >= 4 is 45.6 Å². The maximum atomic E-state index is 12.8. The molecule has 5 nitrogen and oxygen atoms in total. The third kappa shape index (κ3) is 4.25. The molecule has 3 heterocycles. The van der Waals surface area contributed by atoms with E-state index in [1.807, 2.05) is 36.4 Å². The highest BCUT2D eigenvalue weighted by Gasteiger charge is 2.26. The Morgan fingerprint density at radius 2 is 1.93 bits per heavy atom. The quantitative estimate of drug-likeness (QED) is 0.665. The number of thiophene rings is 1. The molecule has 0 bridgehead atoms. The Labute approximate surface area is 179 Å². The molecular weight excluding hydrogens is 404 g/mol. The third-order valence-electron chi connectivity index (χ3n) is 5.56. The van der Waals surface area contributed by atoms with Gasteiger partial charge in [-0.2, -0.15) is 0 Å². The summed E-state index contributed by atoms with van der Waals surface area (Å²) in [6, 6.07) is 14.3. The molecule has 1 aliphatic heterocycles. The molecule has 0 spiro atoms. The number of anilines is 1. The van der Waals surface area contributed by atoms with E-state index in [0.29, 0.717) is 6.04 Å². The maximum Gasteiger partial charge on any atom is 0.252 e. The number of aromatic nitrogens is 1. The number of amides is 1. The summed E-state index contributed by atoms with van der Waals surface area (Å²) in [5, 5.41) is 4.04. The highest BCUT2D eigenvalue weighted by molar-refractivity contribution is 7.16. The highest BCUT2D eigenvalue weighted by Crippen LogP contribution is 2.27. The zero-order valence-electron chi connectivity index (χ0n) is 16.1. The van der Waals surface area contributed by atoms with Gasteiger partial charge in [-0.3, -0.25) is 9.69 Å². The number of fused-ring (bicyclic) bond motifs is 1. The van der Waals surface area contributed by atoms with Crippen molar-refractivity contribution in [3.05, 3.63) is 57.2 Å². The summed E-state index contributed by atoms with van der Waals surface area (Å²) < 4.78 is 0.844. The first kappa shape index (κ1) is 18.9. The molecule has 2 aromatic heterocycles. The minimum Gasteiger partial charge on any atom is -0.354 e. The first-order chi connectivity index (χ1) is 14.2. The van der Waals surface area contributed by atoms with Crippen LogP contribution in [0.2, 0.25) is 4.34 Å². The zero-order valence-corrected chi connectivity index (χ0v) is 17.7. The summed E-state index contributed by atoms with van der Waals surface area (Å²) in [6.07, 6.45) is 2.16. The number of carbonyl (C=O) groups excluding carboxylic acids is 1. The minimum atomic E-state index is 0.0144. The summed E-state index contributed by atoms with van der Waals surface area (Å²) >= 11 is 7.70. The van der Waals surface area contributed by atoms with Crippen LogP contribution in [-0.2, 0) is 6.54 Å². The van der Waals surface area contributed by atoms with Crippen LogP contribution in [0.3, 0.4) is 0 Å². The van der Waals surface area contributed by atoms with Crippen molar-refractivity contribution in [3.63, 3.8) is 0 Å². The van der Waals surface area contributed by atoms with Gasteiger partial charge < -0.3 is 10.2 Å². The summed E-state index contributed by atoms with van der Waals surface area (Å²) in [5.74, 6) is 0.907. The number of nitrogens with zero attached hydrogens (tertiary/aromatic N) is 3. The molecule has 0 radical (unpaired) electrons. The molecule has 7 heteroatoms. The van der Waals surface area contributed by atoms with Crippen LogP contribution in [0.1, 0.15) is 28.1 Å². The van der Waals surface area contributed by atoms with Crippen molar-refractivity contribution in [2.45, 2.75) is 25.4 Å². The Hall–Kier alpha value is -2.15. The number of benzene rings is 1. The van der Waals surface area contributed by atoms with E-state index in [9.17, 15) is 4.79 Å². The molecule has 1 N–H and O–H groups in total. The number of pyridine rings is 1. The largest absolute Gasteiger partial charge is 0.354 e. The van der Waals surface area contributed by atoms with Crippen LogP contribution in [0.25, 0.3) is 10.9 Å². The van der Waals surface area contributed by atoms with Gasteiger partial charge >= 0.3 is 0 Å². The smallest absolute Gasteiger partial charge is 0.252 e. The minimum absolute atomic E-state index is 0.0144. The molecule has 29 heavy (non-hydrogen) atoms. The second-order valence-electron chi connectivity index (χ2n) is 7.76. The lowest BCUT2D eigenvalue weighted by Crippen LogP contribution is -2.46. The fourth-order valence-corrected chi connectivity index (χ4v) is 4.92. The van der Waals surface area contributed by atoms with Crippen molar-refractivity contribution in [2.24, 2.45) is 0 Å². The average Bonchev–Trinajstić information content (AvgIpc) is 3.46. The van der Waals surface area contributed by atoms with E-state index in [0.717, 1.165) is 72.2 Å². The summed E-state index contributed by atoms with van der Waals surface area (Å²) in [6.45, 7) is 4.66. The van der Waals surface area contributed by atoms with Gasteiger partial charge in [0, 0.05) is 49.0 Å². The second-order valence-corrected chi connectivity index (χ2v) is 9.56. The fraction of sp³-hybridized carbons (Fsp3) is 0.364. The van der Waals surface area contributed by atoms with Crippen LogP contribution in [-0.4, -0.2) is 48.0 Å². The first-order valence-corrected chi connectivity index (χ1v) is 11.3. The van der Waals surface area contributed by atoms with Crippen molar-refractivity contribution < 1.29 is 4.79 Å². The topological polar surface area (TPSA) is 48.5 Å². The highest BCUT2D eigenvalue weighted by atomic mass is 35.5. The molecule has 1 amide bonds. The van der Waals surface area contributed by atoms with Gasteiger partial charge in [-0.15, -0.1) is 11.3 Å². The monoisotopic (exact) mass is 426 g/mol. The number of carbonyl (C=O) groups is 1. The van der Waals surface area contributed by atoms with Crippen molar-refractivity contribution in [1.29, 1.82) is 0 Å². The van der Waals surface area contributed by atoms with Gasteiger partial charge in [0.2, 0.25) is 0 Å². The van der Waals surface area contributed by atoms with Crippen LogP contribution in [0, 0.1) is 0 Å². The van der Waals surface area contributed by atoms with Crippen LogP contribution in [0.5, 0.6) is 0 Å². The van der Waals surface area contributed by atoms with E-state index in [2.05, 4.69) is 21.2 Å². The molecule has 1 aromatic carbocycles. The van der Waals surface area contributed by atoms with E-state index in [1.54, 1.807) is 11.3 Å². The molecule has 2 fully saturated rings. The molecule has 1 aliphatic carbocycles. The lowest BCUT2D eigenvalue weighted by atomic mass is 10.1. The Morgan fingerprint density at radius 3 is 2.66 bits per heavy atom.